The van der Waals surface area contributed by atoms with E-state index in [1.54, 1.807) is 14.2 Å². The lowest BCUT2D eigenvalue weighted by Gasteiger charge is -2.44. The average molecular weight is 379 g/mol. The molecule has 0 spiro atoms. The van der Waals surface area contributed by atoms with Gasteiger partial charge >= 0.3 is 0 Å². The Labute approximate surface area is 172 Å². The highest BCUT2D eigenvalue weighted by molar-refractivity contribution is 7.19. The Morgan fingerprint density at radius 2 is 0.793 bits per heavy atom. The van der Waals surface area contributed by atoms with Gasteiger partial charge in [0.2, 0.25) is 0 Å². The van der Waals surface area contributed by atoms with Crippen molar-refractivity contribution in [2.24, 2.45) is 0 Å². The fraction of sp³-hybridized carbons (Fsp3) is 0.0769. The Balaban J connectivity index is 2.15. The molecule has 29 heavy (non-hydrogen) atoms. The molecule has 0 unspecified atom stereocenters. The first-order valence-corrected chi connectivity index (χ1v) is 9.84. The fourth-order valence-electron chi connectivity index (χ4n) is 4.46. The molecule has 0 N–H and O–H groups in total. The molecule has 0 saturated heterocycles. The van der Waals surface area contributed by atoms with E-state index in [0.29, 0.717) is 0 Å². The molecule has 2 nitrogen and oxygen atoms in total. The summed E-state index contributed by atoms with van der Waals surface area (Å²) in [5.41, 5.74) is 4.91. The van der Waals surface area contributed by atoms with E-state index in [0.717, 1.165) is 17.0 Å². The molecule has 0 saturated carbocycles. The van der Waals surface area contributed by atoms with Gasteiger partial charge in [-0.3, -0.25) is 0 Å². The van der Waals surface area contributed by atoms with Crippen LogP contribution in [0.15, 0.2) is 109 Å². The third-order valence-electron chi connectivity index (χ3n) is 5.77. The van der Waals surface area contributed by atoms with Crippen molar-refractivity contribution in [3.63, 3.8) is 0 Å². The number of rotatable bonds is 6. The predicted octanol–water partition coefficient (Wildman–Crippen LogP) is 3.08. The van der Waals surface area contributed by atoms with Gasteiger partial charge in [0.25, 0.3) is 0 Å². The Morgan fingerprint density at radius 3 is 1.10 bits per heavy atom. The number of methoxy groups -OCH3 is 2. The van der Waals surface area contributed by atoms with Gasteiger partial charge in [0.1, 0.15) is 17.6 Å². The van der Waals surface area contributed by atoms with Crippen LogP contribution in [0.5, 0.6) is 11.5 Å². The number of hydrogen-bond donors (Lipinski definition) is 0. The van der Waals surface area contributed by atoms with Crippen molar-refractivity contribution in [1.29, 1.82) is 0 Å². The topological polar surface area (TPSA) is 18.5 Å². The monoisotopic (exact) mass is 379 g/mol. The molecule has 0 radical (unpaired) electrons. The average Bonchev–Trinajstić information content (AvgIpc) is 2.81. The van der Waals surface area contributed by atoms with E-state index in [1.807, 2.05) is 6.07 Å². The Morgan fingerprint density at radius 1 is 0.448 bits per heavy atom. The molecular weight excluding hydrogens is 355 g/mol. The van der Waals surface area contributed by atoms with Gasteiger partial charge in [-0.2, -0.15) is 21.9 Å². The molecular formula is C26H24BO2-. The van der Waals surface area contributed by atoms with Crippen LogP contribution >= 0.6 is 0 Å². The van der Waals surface area contributed by atoms with Crippen molar-refractivity contribution in [3.05, 3.63) is 109 Å². The Kier molecular flexibility index (Phi) is 5.39. The first-order valence-electron chi connectivity index (χ1n) is 9.84. The van der Waals surface area contributed by atoms with Crippen LogP contribution in [0.3, 0.4) is 0 Å². The van der Waals surface area contributed by atoms with Crippen LogP contribution in [0.2, 0.25) is 0 Å². The summed E-state index contributed by atoms with van der Waals surface area (Å²) >= 11 is 0. The van der Waals surface area contributed by atoms with Crippen molar-refractivity contribution < 1.29 is 9.47 Å². The summed E-state index contributed by atoms with van der Waals surface area (Å²) in [5, 5.41) is 0. The smallest absolute Gasteiger partial charge is 0.119 e. The highest BCUT2D eigenvalue weighted by Gasteiger charge is 2.32. The second-order valence-corrected chi connectivity index (χ2v) is 7.24. The third kappa shape index (κ3) is 3.40. The number of hydrogen-bond acceptors (Lipinski definition) is 2. The third-order valence-corrected chi connectivity index (χ3v) is 5.77. The van der Waals surface area contributed by atoms with Crippen LogP contribution in [-0.2, 0) is 0 Å². The maximum absolute atomic E-state index is 5.63. The Hall–Kier alpha value is -3.46. The van der Waals surface area contributed by atoms with Crippen molar-refractivity contribution in [1.82, 2.24) is 0 Å². The molecule has 0 aliphatic heterocycles. The van der Waals surface area contributed by atoms with Crippen LogP contribution in [0, 0.1) is 0 Å². The van der Waals surface area contributed by atoms with Crippen molar-refractivity contribution in [3.8, 4) is 11.5 Å². The second kappa shape index (κ2) is 8.28. The standard InChI is InChI=1S/C26H24BO2/c1-28-25-18-24(19-26(20-25)29-2)27(21-12-6-3-7-13-21,22-14-8-4-9-15-22)23-16-10-5-11-17-23/h3-20H,1-2H3/q-1. The normalized spacial score (nSPS) is 11.1. The molecule has 0 aromatic heterocycles. The molecule has 0 aliphatic rings. The molecule has 0 fully saturated rings. The van der Waals surface area contributed by atoms with Gasteiger partial charge in [0.15, 0.2) is 0 Å². The zero-order valence-corrected chi connectivity index (χ0v) is 16.8. The molecule has 0 heterocycles. The molecule has 4 rings (SSSR count). The molecule has 0 amide bonds. The first-order chi connectivity index (χ1) is 14.3. The minimum atomic E-state index is -1.43. The first kappa shape index (κ1) is 18.9. The number of ether oxygens (including phenoxy) is 2. The van der Waals surface area contributed by atoms with Crippen LogP contribution in [0.1, 0.15) is 0 Å². The van der Waals surface area contributed by atoms with Crippen LogP contribution < -0.4 is 31.3 Å². The summed E-state index contributed by atoms with van der Waals surface area (Å²) < 4.78 is 11.3. The molecule has 0 bridgehead atoms. The quantitative estimate of drug-likeness (QED) is 0.480. The van der Waals surface area contributed by atoms with E-state index in [9.17, 15) is 0 Å². The molecule has 0 atom stereocenters. The highest BCUT2D eigenvalue weighted by atomic mass is 16.5. The highest BCUT2D eigenvalue weighted by Crippen LogP contribution is 2.20. The molecule has 4 aromatic rings. The largest absolute Gasteiger partial charge is 0.497 e. The van der Waals surface area contributed by atoms with Crippen LogP contribution in [0.4, 0.5) is 0 Å². The SMILES string of the molecule is COc1cc(OC)cc([B-](c2ccccc2)(c2ccccc2)c2ccccc2)c1. The lowest BCUT2D eigenvalue weighted by atomic mass is 9.13. The van der Waals surface area contributed by atoms with E-state index < -0.39 is 6.15 Å². The zero-order valence-electron chi connectivity index (χ0n) is 16.8. The summed E-state index contributed by atoms with van der Waals surface area (Å²) in [5.74, 6) is 1.57. The fourth-order valence-corrected chi connectivity index (χ4v) is 4.46. The van der Waals surface area contributed by atoms with Gasteiger partial charge in [-0.1, -0.05) is 103 Å². The minimum absolute atomic E-state index is 0.786. The molecule has 0 aliphatic carbocycles. The van der Waals surface area contributed by atoms with Crippen molar-refractivity contribution >= 4 is 28.0 Å². The lowest BCUT2D eigenvalue weighted by molar-refractivity contribution is 0.395. The van der Waals surface area contributed by atoms with Gasteiger partial charge in [0, 0.05) is 6.07 Å². The summed E-state index contributed by atoms with van der Waals surface area (Å²) in [6.07, 6.45) is -1.43. The molecule has 4 aromatic carbocycles. The zero-order chi connectivity index (χ0) is 20.1. The predicted molar refractivity (Wildman–Crippen MR) is 123 cm³/mol. The lowest BCUT2D eigenvalue weighted by Crippen LogP contribution is -2.74. The van der Waals surface area contributed by atoms with E-state index in [4.69, 9.17) is 9.47 Å². The van der Waals surface area contributed by atoms with E-state index >= 15 is 0 Å². The Bertz CT molecular complexity index is 945. The van der Waals surface area contributed by atoms with Gasteiger partial charge in [-0.15, -0.1) is 0 Å². The summed E-state index contributed by atoms with van der Waals surface area (Å²) in [4.78, 5) is 0. The maximum atomic E-state index is 5.63. The van der Waals surface area contributed by atoms with E-state index in [-0.39, 0.29) is 0 Å². The van der Waals surface area contributed by atoms with E-state index in [1.165, 1.54) is 16.4 Å². The second-order valence-electron chi connectivity index (χ2n) is 7.24. The maximum Gasteiger partial charge on any atom is 0.119 e. The van der Waals surface area contributed by atoms with Crippen LogP contribution in [-0.4, -0.2) is 20.4 Å². The van der Waals surface area contributed by atoms with Gasteiger partial charge in [0.05, 0.1) is 14.2 Å². The van der Waals surface area contributed by atoms with Crippen LogP contribution in [0.25, 0.3) is 0 Å². The van der Waals surface area contributed by atoms with E-state index in [2.05, 4.69) is 103 Å². The molecule has 144 valence electrons. The minimum Gasteiger partial charge on any atom is -0.497 e. The number of benzene rings is 4. The molecule has 3 heteroatoms. The summed E-state index contributed by atoms with van der Waals surface area (Å²) in [6, 6.07) is 38.3. The van der Waals surface area contributed by atoms with Gasteiger partial charge < -0.3 is 9.47 Å². The van der Waals surface area contributed by atoms with Gasteiger partial charge in [-0.05, 0) is 0 Å². The summed E-state index contributed by atoms with van der Waals surface area (Å²) in [7, 11) is 3.39. The summed E-state index contributed by atoms with van der Waals surface area (Å²) in [6.45, 7) is 0. The van der Waals surface area contributed by atoms with Crippen molar-refractivity contribution in [2.75, 3.05) is 14.2 Å². The van der Waals surface area contributed by atoms with Gasteiger partial charge in [-0.25, -0.2) is 0 Å². The van der Waals surface area contributed by atoms with Crippen molar-refractivity contribution in [2.45, 2.75) is 0 Å².